The summed E-state index contributed by atoms with van der Waals surface area (Å²) in [4.78, 5) is 12.0. The largest absolute Gasteiger partial charge is 0.461 e. The first-order chi connectivity index (χ1) is 10.9. The van der Waals surface area contributed by atoms with E-state index in [0.717, 1.165) is 25.7 Å². The summed E-state index contributed by atoms with van der Waals surface area (Å²) in [5, 5.41) is 3.03. The topological polar surface area (TPSA) is 64.6 Å². The van der Waals surface area contributed by atoms with E-state index in [1.165, 1.54) is 6.42 Å². The summed E-state index contributed by atoms with van der Waals surface area (Å²) < 4.78 is 22.9. The van der Waals surface area contributed by atoms with Crippen LogP contribution in [0.1, 0.15) is 39.0 Å². The number of nitrogens with one attached hydrogen (secondary N) is 1. The highest BCUT2D eigenvalue weighted by Crippen LogP contribution is 2.48. The second kappa shape index (κ2) is 8.39. The van der Waals surface area contributed by atoms with E-state index in [1.807, 2.05) is 0 Å². The lowest BCUT2D eigenvalue weighted by molar-refractivity contribution is -0.152. The van der Waals surface area contributed by atoms with Gasteiger partial charge in [-0.15, -0.1) is 0 Å². The predicted molar refractivity (Wildman–Crippen MR) is 91.1 cm³/mol. The highest BCUT2D eigenvalue weighted by Gasteiger charge is 2.29. The normalized spacial score (nSPS) is 19.6. The second-order valence-electron chi connectivity index (χ2n) is 5.57. The molecule has 0 aliphatic heterocycles. The van der Waals surface area contributed by atoms with Gasteiger partial charge >= 0.3 is 12.8 Å². The maximum absolute atomic E-state index is 12.3. The summed E-state index contributed by atoms with van der Waals surface area (Å²) in [5.74, 6) is -0.175. The lowest BCUT2D eigenvalue weighted by atomic mass is 9.98. The first-order valence-corrected chi connectivity index (χ1v) is 10.5. The minimum atomic E-state index is -3.71. The molecule has 0 bridgehead atoms. The van der Waals surface area contributed by atoms with Gasteiger partial charge in [-0.25, -0.2) is 9.65 Å². The summed E-state index contributed by atoms with van der Waals surface area (Å²) >= 11 is 11.6. The zero-order chi connectivity index (χ0) is 16.9. The van der Waals surface area contributed by atoms with Crippen LogP contribution in [0.15, 0.2) is 24.3 Å². The van der Waals surface area contributed by atoms with Gasteiger partial charge in [0.25, 0.3) is 0 Å². The van der Waals surface area contributed by atoms with Crippen molar-refractivity contribution in [1.29, 1.82) is 0 Å². The Morgan fingerprint density at radius 2 is 1.87 bits per heavy atom. The molecular formula is C15H20Cl2NO4P. The lowest BCUT2D eigenvalue weighted by Gasteiger charge is -2.24. The molecule has 0 spiro atoms. The standard InChI is InChI=1S/C15H20Cl2NO4P/c1-11(15(19)21-13-5-3-2-4-6-13)18-23(17,20)22-14-9-7-12(16)8-10-14/h7-11,13H,2-6H2,1H3,(H,18,20)/t11-,23?/m0/s1. The lowest BCUT2D eigenvalue weighted by Crippen LogP contribution is -2.36. The molecule has 1 aromatic rings. The van der Waals surface area contributed by atoms with E-state index in [9.17, 15) is 9.36 Å². The summed E-state index contributed by atoms with van der Waals surface area (Å²) in [5.41, 5.74) is 0. The smallest absolute Gasteiger partial charge is 0.409 e. The van der Waals surface area contributed by atoms with Gasteiger partial charge in [0.05, 0.1) is 0 Å². The number of hydrogen-bond donors (Lipinski definition) is 1. The SMILES string of the molecule is C[C@H](NP(=O)(Cl)Oc1ccc(Cl)cc1)C(=O)OC1CCCCC1. The Morgan fingerprint density at radius 3 is 2.48 bits per heavy atom. The fourth-order valence-corrected chi connectivity index (χ4v) is 4.21. The van der Waals surface area contributed by atoms with Crippen molar-refractivity contribution in [2.75, 3.05) is 0 Å². The van der Waals surface area contributed by atoms with Gasteiger partial charge in [-0.1, -0.05) is 18.0 Å². The van der Waals surface area contributed by atoms with E-state index >= 15 is 0 Å². The van der Waals surface area contributed by atoms with Gasteiger partial charge < -0.3 is 9.26 Å². The number of ether oxygens (including phenoxy) is 1. The maximum atomic E-state index is 12.3. The third-order valence-electron chi connectivity index (χ3n) is 3.57. The number of hydrogen-bond acceptors (Lipinski definition) is 4. The second-order valence-corrected chi connectivity index (χ2v) is 8.74. The van der Waals surface area contributed by atoms with Crippen LogP contribution in [0.5, 0.6) is 5.75 Å². The molecule has 0 heterocycles. The van der Waals surface area contributed by atoms with Crippen LogP contribution in [0, 0.1) is 0 Å². The Balaban J connectivity index is 1.86. The molecule has 2 atom stereocenters. The highest BCUT2D eigenvalue weighted by atomic mass is 35.7. The maximum Gasteiger partial charge on any atom is 0.409 e. The number of halogens is 2. The summed E-state index contributed by atoms with van der Waals surface area (Å²) in [7, 11) is 0. The summed E-state index contributed by atoms with van der Waals surface area (Å²) in [6.07, 6.45) is 4.98. The molecule has 0 saturated heterocycles. The molecule has 1 N–H and O–H groups in total. The van der Waals surface area contributed by atoms with Gasteiger partial charge in [0, 0.05) is 16.3 Å². The Bertz CT molecular complexity index is 575. The molecule has 5 nitrogen and oxygen atoms in total. The van der Waals surface area contributed by atoms with Crippen LogP contribution in [0.2, 0.25) is 5.02 Å². The van der Waals surface area contributed by atoms with Crippen LogP contribution < -0.4 is 9.61 Å². The van der Waals surface area contributed by atoms with E-state index in [0.29, 0.717) is 10.8 Å². The van der Waals surface area contributed by atoms with Crippen LogP contribution in [-0.2, 0) is 14.1 Å². The van der Waals surface area contributed by atoms with Crippen molar-refractivity contribution >= 4 is 35.7 Å². The third kappa shape index (κ3) is 6.34. The molecule has 8 heteroatoms. The molecule has 1 aliphatic carbocycles. The first kappa shape index (κ1) is 18.6. The summed E-state index contributed by atoms with van der Waals surface area (Å²) in [6, 6.07) is 5.45. The highest BCUT2D eigenvalue weighted by molar-refractivity contribution is 7.84. The van der Waals surface area contributed by atoms with Crippen LogP contribution in [0.25, 0.3) is 0 Å². The molecule has 0 aromatic heterocycles. The predicted octanol–water partition coefficient (Wildman–Crippen LogP) is 4.92. The van der Waals surface area contributed by atoms with Gasteiger partial charge in [0.2, 0.25) is 0 Å². The molecule has 0 amide bonds. The van der Waals surface area contributed by atoms with Crippen molar-refractivity contribution in [1.82, 2.24) is 5.09 Å². The zero-order valence-electron chi connectivity index (χ0n) is 12.8. The number of rotatable bonds is 6. The fourth-order valence-electron chi connectivity index (χ4n) is 2.39. The van der Waals surface area contributed by atoms with Gasteiger partial charge in [0.1, 0.15) is 17.9 Å². The molecule has 1 unspecified atom stereocenters. The van der Waals surface area contributed by atoms with Crippen molar-refractivity contribution in [3.63, 3.8) is 0 Å². The van der Waals surface area contributed by atoms with E-state index in [4.69, 9.17) is 32.1 Å². The third-order valence-corrected chi connectivity index (χ3v) is 5.47. The Labute approximate surface area is 145 Å². The van der Waals surface area contributed by atoms with Crippen LogP contribution >= 0.6 is 29.7 Å². The van der Waals surface area contributed by atoms with Gasteiger partial charge in [0.15, 0.2) is 0 Å². The molecule has 23 heavy (non-hydrogen) atoms. The van der Waals surface area contributed by atoms with Crippen molar-refractivity contribution in [3.8, 4) is 5.75 Å². The van der Waals surface area contributed by atoms with Crippen LogP contribution in [0.4, 0.5) is 0 Å². The van der Waals surface area contributed by atoms with E-state index < -0.39 is 18.9 Å². The van der Waals surface area contributed by atoms with Gasteiger partial charge in [-0.2, -0.15) is 0 Å². The van der Waals surface area contributed by atoms with E-state index in [2.05, 4.69) is 5.09 Å². The van der Waals surface area contributed by atoms with Crippen LogP contribution in [-0.4, -0.2) is 18.1 Å². The summed E-state index contributed by atoms with van der Waals surface area (Å²) in [6.45, 7) is -2.17. The Hall–Kier alpha value is -0.740. The minimum Gasteiger partial charge on any atom is -0.461 e. The van der Waals surface area contributed by atoms with Crippen LogP contribution in [0.3, 0.4) is 0 Å². The quantitative estimate of drug-likeness (QED) is 0.561. The zero-order valence-corrected chi connectivity index (χ0v) is 15.2. The molecule has 1 aromatic carbocycles. The van der Waals surface area contributed by atoms with Crippen molar-refractivity contribution in [3.05, 3.63) is 29.3 Å². The Morgan fingerprint density at radius 1 is 1.26 bits per heavy atom. The molecule has 1 fully saturated rings. The van der Waals surface area contributed by atoms with E-state index in [1.54, 1.807) is 31.2 Å². The number of carbonyl (C=O) groups excluding carboxylic acids is 1. The fraction of sp³-hybridized carbons (Fsp3) is 0.533. The number of carbonyl (C=O) groups is 1. The average molecular weight is 380 g/mol. The molecule has 1 saturated carbocycles. The molecule has 128 valence electrons. The van der Waals surface area contributed by atoms with Gasteiger partial charge in [-0.3, -0.25) is 4.79 Å². The molecular weight excluding hydrogens is 360 g/mol. The molecule has 2 rings (SSSR count). The monoisotopic (exact) mass is 379 g/mol. The van der Waals surface area contributed by atoms with Crippen molar-refractivity contribution < 1.29 is 18.6 Å². The minimum absolute atomic E-state index is 0.0626. The molecule has 1 aliphatic rings. The van der Waals surface area contributed by atoms with E-state index in [-0.39, 0.29) is 6.10 Å². The van der Waals surface area contributed by atoms with Gasteiger partial charge in [-0.05, 0) is 56.9 Å². The number of benzene rings is 1. The van der Waals surface area contributed by atoms with Crippen molar-refractivity contribution in [2.24, 2.45) is 0 Å². The van der Waals surface area contributed by atoms with Crippen molar-refractivity contribution in [2.45, 2.75) is 51.2 Å². The Kier molecular flexibility index (Phi) is 6.78. The average Bonchev–Trinajstić information content (AvgIpc) is 2.50. The molecule has 0 radical (unpaired) electrons. The number of esters is 1. The first-order valence-electron chi connectivity index (χ1n) is 7.59.